The molecule has 0 bridgehead atoms. The molecule has 12 heteroatoms. The molecule has 0 saturated carbocycles. The number of hydrogen-bond acceptors (Lipinski definition) is 6. The van der Waals surface area contributed by atoms with E-state index in [0.29, 0.717) is 74.6 Å². The highest BCUT2D eigenvalue weighted by molar-refractivity contribution is 5.79. The summed E-state index contributed by atoms with van der Waals surface area (Å²) in [6.07, 6.45) is -3.45. The van der Waals surface area contributed by atoms with Gasteiger partial charge in [0.05, 0.1) is 0 Å². The molecule has 1 amide bonds. The van der Waals surface area contributed by atoms with E-state index in [1.54, 1.807) is 18.2 Å². The number of halogens is 4. The molecule has 5 rings (SSSR count). The molecule has 0 spiro atoms. The van der Waals surface area contributed by atoms with E-state index in [0.717, 1.165) is 0 Å². The largest absolute Gasteiger partial charge is 0.453 e. The fraction of sp³-hybridized carbons (Fsp3) is 0.478. The summed E-state index contributed by atoms with van der Waals surface area (Å²) >= 11 is 0. The molecule has 3 aromatic rings. The summed E-state index contributed by atoms with van der Waals surface area (Å²) in [5.74, 6) is -1.00. The van der Waals surface area contributed by atoms with Crippen molar-refractivity contribution in [3.63, 3.8) is 0 Å². The van der Waals surface area contributed by atoms with Crippen LogP contribution in [0.4, 0.5) is 23.4 Å². The van der Waals surface area contributed by atoms with Gasteiger partial charge in [0.15, 0.2) is 5.65 Å². The summed E-state index contributed by atoms with van der Waals surface area (Å²) in [5.41, 5.74) is 0.681. The topological polar surface area (TPSA) is 69.9 Å². The number of piperidine rings is 1. The van der Waals surface area contributed by atoms with Crippen molar-refractivity contribution in [2.45, 2.75) is 25.6 Å². The van der Waals surface area contributed by atoms with Crippen LogP contribution in [0, 0.1) is 11.7 Å². The van der Waals surface area contributed by atoms with Gasteiger partial charge in [-0.2, -0.15) is 17.7 Å². The standard InChI is InChI=1S/C23H25F4N7O/c24-18-4-2-1-3-17(18)15-31-11-13-33(14-12-31)21(35)16-7-9-32(10-8-16)20-6-5-19-28-29-22(23(25,26)27)34(19)30-20/h1-6,16H,7-15H2. The quantitative estimate of drug-likeness (QED) is 0.523. The van der Waals surface area contributed by atoms with E-state index in [1.165, 1.54) is 12.1 Å². The smallest absolute Gasteiger partial charge is 0.355 e. The normalized spacial score (nSPS) is 18.4. The number of amides is 1. The number of anilines is 1. The van der Waals surface area contributed by atoms with Gasteiger partial charge in [-0.05, 0) is 31.0 Å². The number of piperazine rings is 1. The molecular formula is C23H25F4N7O. The highest BCUT2D eigenvalue weighted by Gasteiger charge is 2.38. The van der Waals surface area contributed by atoms with Crippen LogP contribution in [0.3, 0.4) is 0 Å². The van der Waals surface area contributed by atoms with E-state index in [4.69, 9.17) is 0 Å². The molecule has 0 unspecified atom stereocenters. The third-order valence-electron chi connectivity index (χ3n) is 6.71. The molecule has 2 aliphatic rings. The molecule has 8 nitrogen and oxygen atoms in total. The van der Waals surface area contributed by atoms with Crippen molar-refractivity contribution >= 4 is 17.4 Å². The molecular weight excluding hydrogens is 466 g/mol. The lowest BCUT2D eigenvalue weighted by Crippen LogP contribution is -2.51. The number of carbonyl (C=O) groups excluding carboxylic acids is 1. The Labute approximate surface area is 199 Å². The molecule has 2 saturated heterocycles. The first-order valence-corrected chi connectivity index (χ1v) is 11.6. The Kier molecular flexibility index (Phi) is 6.30. The van der Waals surface area contributed by atoms with Gasteiger partial charge in [0.1, 0.15) is 11.6 Å². The Morgan fingerprint density at radius 3 is 2.34 bits per heavy atom. The van der Waals surface area contributed by atoms with Gasteiger partial charge in [-0.3, -0.25) is 9.69 Å². The molecule has 0 radical (unpaired) electrons. The Morgan fingerprint density at radius 1 is 0.943 bits per heavy atom. The lowest BCUT2D eigenvalue weighted by atomic mass is 9.95. The van der Waals surface area contributed by atoms with Gasteiger partial charge in [-0.25, -0.2) is 4.39 Å². The van der Waals surface area contributed by atoms with Crippen LogP contribution in [-0.2, 0) is 17.5 Å². The number of nitrogens with zero attached hydrogens (tertiary/aromatic N) is 7. The highest BCUT2D eigenvalue weighted by atomic mass is 19.4. The average Bonchev–Trinajstić information content (AvgIpc) is 3.30. The average molecular weight is 491 g/mol. The molecule has 35 heavy (non-hydrogen) atoms. The van der Waals surface area contributed by atoms with Crippen LogP contribution in [0.25, 0.3) is 5.65 Å². The maximum Gasteiger partial charge on any atom is 0.453 e. The molecule has 4 heterocycles. The molecule has 2 aromatic heterocycles. The van der Waals surface area contributed by atoms with E-state index >= 15 is 0 Å². The molecule has 2 fully saturated rings. The maximum absolute atomic E-state index is 13.9. The van der Waals surface area contributed by atoms with Crippen molar-refractivity contribution in [1.82, 2.24) is 29.6 Å². The first-order valence-electron chi connectivity index (χ1n) is 11.6. The Balaban J connectivity index is 1.15. The van der Waals surface area contributed by atoms with Crippen molar-refractivity contribution < 1.29 is 22.4 Å². The Bertz CT molecular complexity index is 1200. The molecule has 2 aliphatic heterocycles. The fourth-order valence-corrected chi connectivity index (χ4v) is 4.73. The van der Waals surface area contributed by atoms with Gasteiger partial charge in [0.2, 0.25) is 5.91 Å². The lowest BCUT2D eigenvalue weighted by molar-refractivity contribution is -0.146. The molecule has 186 valence electrons. The zero-order valence-corrected chi connectivity index (χ0v) is 19.0. The summed E-state index contributed by atoms with van der Waals surface area (Å²) in [7, 11) is 0. The van der Waals surface area contributed by atoms with Crippen molar-refractivity contribution in [2.75, 3.05) is 44.2 Å². The summed E-state index contributed by atoms with van der Waals surface area (Å²) in [6, 6.07) is 9.81. The van der Waals surface area contributed by atoms with Crippen LogP contribution in [-0.4, -0.2) is 74.8 Å². The van der Waals surface area contributed by atoms with Gasteiger partial charge < -0.3 is 9.80 Å². The molecule has 1 aromatic carbocycles. The number of hydrogen-bond donors (Lipinski definition) is 0. The minimum absolute atomic E-state index is 0.0280. The number of fused-ring (bicyclic) bond motifs is 1. The second-order valence-corrected chi connectivity index (χ2v) is 8.94. The van der Waals surface area contributed by atoms with E-state index in [1.807, 2.05) is 15.9 Å². The monoisotopic (exact) mass is 491 g/mol. The van der Waals surface area contributed by atoms with E-state index in [9.17, 15) is 22.4 Å². The SMILES string of the molecule is O=C(C1CCN(c2ccc3nnc(C(F)(F)F)n3n2)CC1)N1CCN(Cc2ccccc2F)CC1. The minimum Gasteiger partial charge on any atom is -0.355 e. The third-order valence-corrected chi connectivity index (χ3v) is 6.71. The van der Waals surface area contributed by atoms with Crippen molar-refractivity contribution in [2.24, 2.45) is 5.92 Å². The van der Waals surface area contributed by atoms with Crippen LogP contribution in [0.15, 0.2) is 36.4 Å². The summed E-state index contributed by atoms with van der Waals surface area (Å²) in [5, 5.41) is 10.8. The lowest BCUT2D eigenvalue weighted by Gasteiger charge is -2.38. The van der Waals surface area contributed by atoms with Crippen LogP contribution in [0.1, 0.15) is 24.2 Å². The van der Waals surface area contributed by atoms with Crippen molar-refractivity contribution in [3.8, 4) is 0 Å². The molecule has 0 N–H and O–H groups in total. The number of aromatic nitrogens is 4. The second kappa shape index (κ2) is 9.40. The van der Waals surface area contributed by atoms with Crippen LogP contribution >= 0.6 is 0 Å². The molecule has 0 atom stereocenters. The number of carbonyl (C=O) groups is 1. The number of benzene rings is 1. The Hall–Kier alpha value is -3.28. The van der Waals surface area contributed by atoms with E-state index in [2.05, 4.69) is 20.2 Å². The van der Waals surface area contributed by atoms with Gasteiger partial charge in [0.25, 0.3) is 5.82 Å². The zero-order valence-electron chi connectivity index (χ0n) is 19.0. The first-order chi connectivity index (χ1) is 16.8. The molecule has 0 aliphatic carbocycles. The predicted octanol–water partition coefficient (Wildman–Crippen LogP) is 2.84. The number of rotatable bonds is 4. The van der Waals surface area contributed by atoms with Crippen molar-refractivity contribution in [3.05, 3.63) is 53.6 Å². The van der Waals surface area contributed by atoms with Gasteiger partial charge in [-0.15, -0.1) is 15.3 Å². The van der Waals surface area contributed by atoms with Crippen LogP contribution < -0.4 is 4.90 Å². The van der Waals surface area contributed by atoms with Gasteiger partial charge >= 0.3 is 6.18 Å². The van der Waals surface area contributed by atoms with Crippen LogP contribution in [0.5, 0.6) is 0 Å². The van der Waals surface area contributed by atoms with E-state index in [-0.39, 0.29) is 23.3 Å². The summed E-state index contributed by atoms with van der Waals surface area (Å²) < 4.78 is 54.1. The summed E-state index contributed by atoms with van der Waals surface area (Å²) in [4.78, 5) is 19.0. The first kappa shape index (κ1) is 23.5. The fourth-order valence-electron chi connectivity index (χ4n) is 4.73. The highest BCUT2D eigenvalue weighted by Crippen LogP contribution is 2.29. The second-order valence-electron chi connectivity index (χ2n) is 8.94. The van der Waals surface area contributed by atoms with Crippen molar-refractivity contribution in [1.29, 1.82) is 0 Å². The predicted molar refractivity (Wildman–Crippen MR) is 119 cm³/mol. The zero-order chi connectivity index (χ0) is 24.6. The Morgan fingerprint density at radius 2 is 1.66 bits per heavy atom. The van der Waals surface area contributed by atoms with Gasteiger partial charge in [-0.1, -0.05) is 18.2 Å². The third kappa shape index (κ3) is 4.93. The van der Waals surface area contributed by atoms with Crippen LogP contribution in [0.2, 0.25) is 0 Å². The minimum atomic E-state index is -4.65. The van der Waals surface area contributed by atoms with Gasteiger partial charge in [0, 0.05) is 57.3 Å². The number of alkyl halides is 3. The summed E-state index contributed by atoms with van der Waals surface area (Å²) in [6.45, 7) is 4.12. The maximum atomic E-state index is 13.9. The van der Waals surface area contributed by atoms with E-state index < -0.39 is 12.0 Å².